The van der Waals surface area contributed by atoms with Gasteiger partial charge in [0.1, 0.15) is 18.2 Å². The number of aryl methyl sites for hydroxylation is 1. The van der Waals surface area contributed by atoms with Crippen molar-refractivity contribution in [3.05, 3.63) is 137 Å². The zero-order valence-electron chi connectivity index (χ0n) is 28.7. The number of hydrogen-bond acceptors (Lipinski definition) is 6. The van der Waals surface area contributed by atoms with Gasteiger partial charge in [0.2, 0.25) is 5.91 Å². The molecule has 50 heavy (non-hydrogen) atoms. The van der Waals surface area contributed by atoms with Crippen LogP contribution >= 0.6 is 0 Å². The number of anilines is 1. The standard InChI is InChI=1S/C40H42FN3O5S/c1-27(2)24-36(30-18-21-31(41)22-19-30)42-40(46)35-25-28(26-49-32-10-6-5-7-11-32)16-17-29(35)20-23-39(45)43-50(47,48)38-15-9-12-33-34(38)13-8-14-37(33)44(3)4/h5-19,21-22,25,27,36H,20,23-24,26H2,1-4H3,(H,42,46)(H,43,45). The van der Waals surface area contributed by atoms with Crippen LogP contribution < -0.4 is 19.7 Å². The Balaban J connectivity index is 1.37. The number of fused-ring (bicyclic) bond motifs is 1. The van der Waals surface area contributed by atoms with E-state index in [0.29, 0.717) is 28.7 Å². The van der Waals surface area contributed by atoms with Crippen LogP contribution in [0.2, 0.25) is 0 Å². The lowest BCUT2D eigenvalue weighted by Gasteiger charge is -2.22. The van der Waals surface area contributed by atoms with E-state index in [-0.39, 0.29) is 48.0 Å². The van der Waals surface area contributed by atoms with Crippen molar-refractivity contribution in [3.8, 4) is 5.75 Å². The van der Waals surface area contributed by atoms with E-state index in [1.165, 1.54) is 18.2 Å². The van der Waals surface area contributed by atoms with Gasteiger partial charge in [-0.25, -0.2) is 17.5 Å². The molecule has 5 rings (SSSR count). The maximum atomic E-state index is 14.0. The zero-order valence-corrected chi connectivity index (χ0v) is 29.5. The number of ether oxygens (including phenoxy) is 1. The predicted octanol–water partition coefficient (Wildman–Crippen LogP) is 7.58. The van der Waals surface area contributed by atoms with Gasteiger partial charge >= 0.3 is 0 Å². The minimum Gasteiger partial charge on any atom is -0.489 e. The van der Waals surface area contributed by atoms with Crippen LogP contribution in [0.5, 0.6) is 5.75 Å². The quantitative estimate of drug-likeness (QED) is 0.124. The van der Waals surface area contributed by atoms with Crippen LogP contribution in [0.25, 0.3) is 10.8 Å². The Kier molecular flexibility index (Phi) is 11.5. The number of para-hydroxylation sites is 1. The number of amides is 2. The summed E-state index contributed by atoms with van der Waals surface area (Å²) in [6, 6.07) is 30.7. The molecule has 5 aromatic carbocycles. The van der Waals surface area contributed by atoms with Crippen LogP contribution in [0.15, 0.2) is 114 Å². The fourth-order valence-electron chi connectivity index (χ4n) is 5.90. The van der Waals surface area contributed by atoms with Gasteiger partial charge in [-0.15, -0.1) is 0 Å². The Bertz CT molecular complexity index is 2070. The number of sulfonamides is 1. The van der Waals surface area contributed by atoms with Gasteiger partial charge in [-0.05, 0) is 77.9 Å². The second-order valence-corrected chi connectivity index (χ2v) is 14.5. The molecule has 260 valence electrons. The topological polar surface area (TPSA) is 105 Å². The molecule has 0 aromatic heterocycles. The summed E-state index contributed by atoms with van der Waals surface area (Å²) in [4.78, 5) is 29.0. The van der Waals surface area contributed by atoms with Crippen molar-refractivity contribution < 1.29 is 27.1 Å². The van der Waals surface area contributed by atoms with E-state index in [9.17, 15) is 22.4 Å². The fourth-order valence-corrected chi connectivity index (χ4v) is 7.14. The molecule has 0 fully saturated rings. The third-order valence-electron chi connectivity index (χ3n) is 8.35. The number of nitrogens with zero attached hydrogens (tertiary/aromatic N) is 1. The van der Waals surface area contributed by atoms with Crippen LogP contribution in [0.4, 0.5) is 10.1 Å². The number of nitrogens with one attached hydrogen (secondary N) is 2. The lowest BCUT2D eigenvalue weighted by Crippen LogP contribution is -2.32. The van der Waals surface area contributed by atoms with Crippen LogP contribution in [0.1, 0.15) is 59.8 Å². The van der Waals surface area contributed by atoms with E-state index in [1.807, 2.05) is 81.4 Å². The van der Waals surface area contributed by atoms with Crippen molar-refractivity contribution in [2.75, 3.05) is 19.0 Å². The monoisotopic (exact) mass is 695 g/mol. The lowest BCUT2D eigenvalue weighted by molar-refractivity contribution is -0.119. The average molecular weight is 696 g/mol. The number of carbonyl (C=O) groups is 2. The Labute approximate surface area is 293 Å². The number of hydrogen-bond donors (Lipinski definition) is 2. The number of carbonyl (C=O) groups excluding carboxylic acids is 2. The van der Waals surface area contributed by atoms with Gasteiger partial charge in [-0.1, -0.05) is 80.6 Å². The van der Waals surface area contributed by atoms with E-state index >= 15 is 0 Å². The van der Waals surface area contributed by atoms with Crippen LogP contribution in [0, 0.1) is 11.7 Å². The average Bonchev–Trinajstić information content (AvgIpc) is 3.09. The largest absolute Gasteiger partial charge is 0.489 e. The molecule has 5 aromatic rings. The molecule has 1 atom stereocenters. The van der Waals surface area contributed by atoms with Crippen molar-refractivity contribution in [1.29, 1.82) is 0 Å². The van der Waals surface area contributed by atoms with Crippen molar-refractivity contribution in [2.24, 2.45) is 5.92 Å². The summed E-state index contributed by atoms with van der Waals surface area (Å²) in [7, 11) is -0.447. The maximum Gasteiger partial charge on any atom is 0.264 e. The van der Waals surface area contributed by atoms with Crippen LogP contribution in [0.3, 0.4) is 0 Å². The van der Waals surface area contributed by atoms with E-state index in [2.05, 4.69) is 10.0 Å². The van der Waals surface area contributed by atoms with Gasteiger partial charge in [0.15, 0.2) is 0 Å². The molecule has 10 heteroatoms. The molecule has 0 radical (unpaired) electrons. The van der Waals surface area contributed by atoms with Gasteiger partial charge in [-0.3, -0.25) is 9.59 Å². The third kappa shape index (κ3) is 9.06. The second-order valence-electron chi connectivity index (χ2n) is 12.9. The molecule has 0 aliphatic rings. The molecule has 0 aliphatic heterocycles. The van der Waals surface area contributed by atoms with Crippen molar-refractivity contribution >= 4 is 38.3 Å². The first-order chi connectivity index (χ1) is 23.9. The van der Waals surface area contributed by atoms with Gasteiger partial charge in [0.25, 0.3) is 15.9 Å². The summed E-state index contributed by atoms with van der Waals surface area (Å²) in [6.07, 6.45) is 0.546. The molecule has 0 saturated carbocycles. The highest BCUT2D eigenvalue weighted by molar-refractivity contribution is 7.90. The minimum absolute atomic E-state index is 0.00636. The van der Waals surface area contributed by atoms with Gasteiger partial charge in [0, 0.05) is 42.5 Å². The molecular formula is C40H42FN3O5S. The first kappa shape index (κ1) is 36.1. The molecule has 8 nitrogen and oxygen atoms in total. The van der Waals surface area contributed by atoms with E-state index in [1.54, 1.807) is 42.5 Å². The number of benzene rings is 5. The molecule has 2 N–H and O–H groups in total. The molecule has 0 aliphatic carbocycles. The summed E-state index contributed by atoms with van der Waals surface area (Å²) < 4.78 is 48.8. The first-order valence-corrected chi connectivity index (χ1v) is 18.0. The fraction of sp³-hybridized carbons (Fsp3) is 0.250. The molecule has 2 amide bonds. The van der Waals surface area contributed by atoms with Gasteiger partial charge in [0.05, 0.1) is 10.9 Å². The lowest BCUT2D eigenvalue weighted by atomic mass is 9.95. The molecule has 0 saturated heterocycles. The predicted molar refractivity (Wildman–Crippen MR) is 195 cm³/mol. The highest BCUT2D eigenvalue weighted by Crippen LogP contribution is 2.30. The molecule has 0 heterocycles. The summed E-state index contributed by atoms with van der Waals surface area (Å²) in [5.41, 5.74) is 3.28. The third-order valence-corrected chi connectivity index (χ3v) is 9.78. The highest BCUT2D eigenvalue weighted by atomic mass is 32.2. The Morgan fingerprint density at radius 2 is 1.54 bits per heavy atom. The van der Waals surface area contributed by atoms with Crippen LogP contribution in [-0.2, 0) is 27.8 Å². The summed E-state index contributed by atoms with van der Waals surface area (Å²) in [6.45, 7) is 4.29. The Hall–Kier alpha value is -5.22. The Morgan fingerprint density at radius 3 is 2.24 bits per heavy atom. The minimum atomic E-state index is -4.20. The Morgan fingerprint density at radius 1 is 0.840 bits per heavy atom. The zero-order chi connectivity index (χ0) is 35.8. The normalized spacial score (nSPS) is 12.0. The van der Waals surface area contributed by atoms with Crippen molar-refractivity contribution in [1.82, 2.24) is 10.0 Å². The SMILES string of the molecule is CC(C)CC(NC(=O)c1cc(COc2ccccc2)ccc1CCC(=O)NS(=O)(=O)c1cccc2c(N(C)C)cccc12)c1ccc(F)cc1. The van der Waals surface area contributed by atoms with E-state index in [0.717, 1.165) is 22.2 Å². The van der Waals surface area contributed by atoms with Gasteiger partial charge in [-0.2, -0.15) is 0 Å². The van der Waals surface area contributed by atoms with E-state index < -0.39 is 15.9 Å². The number of rotatable bonds is 14. The summed E-state index contributed by atoms with van der Waals surface area (Å²) in [5, 5.41) is 4.37. The van der Waals surface area contributed by atoms with Crippen LogP contribution in [-0.4, -0.2) is 34.3 Å². The molecule has 0 spiro atoms. The molecule has 0 bridgehead atoms. The highest BCUT2D eigenvalue weighted by Gasteiger charge is 2.23. The summed E-state index contributed by atoms with van der Waals surface area (Å²) in [5.74, 6) is -0.513. The van der Waals surface area contributed by atoms with Crippen molar-refractivity contribution in [2.45, 2.75) is 50.7 Å². The van der Waals surface area contributed by atoms with Crippen molar-refractivity contribution in [3.63, 3.8) is 0 Å². The second kappa shape index (κ2) is 16.0. The maximum absolute atomic E-state index is 14.0. The van der Waals surface area contributed by atoms with E-state index in [4.69, 9.17) is 4.74 Å². The molecule has 1 unspecified atom stereocenters. The number of halogens is 1. The smallest absolute Gasteiger partial charge is 0.264 e. The molecular weight excluding hydrogens is 654 g/mol. The van der Waals surface area contributed by atoms with Gasteiger partial charge < -0.3 is 15.0 Å². The first-order valence-electron chi connectivity index (χ1n) is 16.5. The summed E-state index contributed by atoms with van der Waals surface area (Å²) >= 11 is 0.